The monoisotopic (exact) mass is 348 g/mol. The number of hydrogen-bond donors (Lipinski definition) is 3. The van der Waals surface area contributed by atoms with E-state index in [1.165, 1.54) is 32.1 Å². The van der Waals surface area contributed by atoms with E-state index in [0.29, 0.717) is 6.42 Å². The van der Waals surface area contributed by atoms with Gasteiger partial charge < -0.3 is 15.3 Å². The second-order valence-electron chi connectivity index (χ2n) is 6.56. The number of benzene rings is 1. The molecule has 140 valence electrons. The second kappa shape index (κ2) is 12.4. The predicted octanol–water partition coefficient (Wildman–Crippen LogP) is 5.85. The minimum Gasteiger partial charge on any atom is -0.508 e. The number of aromatic hydroxyl groups is 3. The van der Waals surface area contributed by atoms with Crippen molar-refractivity contribution in [3.63, 3.8) is 0 Å². The smallest absolute Gasteiger partial charge is 0.170 e. The first-order chi connectivity index (χ1) is 12.1. The molecular weight excluding hydrogens is 316 g/mol. The number of unbranched alkanes of at least 4 members (excludes halogenated alkanes) is 8. The Morgan fingerprint density at radius 2 is 1.36 bits per heavy atom. The Morgan fingerprint density at radius 1 is 0.840 bits per heavy atom. The summed E-state index contributed by atoms with van der Waals surface area (Å²) in [4.78, 5) is 12.1. The lowest BCUT2D eigenvalue weighted by Gasteiger charge is -2.07. The van der Waals surface area contributed by atoms with Crippen molar-refractivity contribution < 1.29 is 20.1 Å². The Balaban J connectivity index is 2.11. The van der Waals surface area contributed by atoms with Crippen LogP contribution in [0.2, 0.25) is 0 Å². The SMILES string of the molecule is CCCCCC=CCCCCCCCC(=O)c1c(O)cc(O)cc1O. The molecule has 0 bridgehead atoms. The van der Waals surface area contributed by atoms with Crippen molar-refractivity contribution >= 4 is 5.78 Å². The number of carbonyl (C=O) groups is 1. The first kappa shape index (κ1) is 21.1. The fourth-order valence-corrected chi connectivity index (χ4v) is 2.83. The molecule has 1 aromatic carbocycles. The molecule has 0 heterocycles. The van der Waals surface area contributed by atoms with Crippen molar-refractivity contribution in [3.8, 4) is 17.2 Å². The zero-order valence-electron chi connectivity index (χ0n) is 15.3. The summed E-state index contributed by atoms with van der Waals surface area (Å²) >= 11 is 0. The Labute approximate surface area is 151 Å². The highest BCUT2D eigenvalue weighted by atomic mass is 16.3. The summed E-state index contributed by atoms with van der Waals surface area (Å²) < 4.78 is 0. The third kappa shape index (κ3) is 8.62. The van der Waals surface area contributed by atoms with E-state index in [2.05, 4.69) is 19.1 Å². The quantitative estimate of drug-likeness (QED) is 0.237. The average molecular weight is 348 g/mol. The van der Waals surface area contributed by atoms with E-state index < -0.39 is 0 Å². The molecular formula is C21H32O4. The molecule has 0 amide bonds. The first-order valence-corrected chi connectivity index (χ1v) is 9.49. The van der Waals surface area contributed by atoms with E-state index in [4.69, 9.17) is 0 Å². The summed E-state index contributed by atoms with van der Waals surface area (Å²) in [5.41, 5.74) is -0.0917. The van der Waals surface area contributed by atoms with Gasteiger partial charge in [0.25, 0.3) is 0 Å². The van der Waals surface area contributed by atoms with Crippen molar-refractivity contribution in [2.45, 2.75) is 77.6 Å². The van der Waals surface area contributed by atoms with Crippen LogP contribution in [0.3, 0.4) is 0 Å². The van der Waals surface area contributed by atoms with Gasteiger partial charge in [0, 0.05) is 18.6 Å². The molecule has 0 fully saturated rings. The molecule has 0 aromatic heterocycles. The Kier molecular flexibility index (Phi) is 10.5. The Hall–Kier alpha value is -1.97. The van der Waals surface area contributed by atoms with Crippen LogP contribution in [0.25, 0.3) is 0 Å². The third-order valence-electron chi connectivity index (χ3n) is 4.28. The van der Waals surface area contributed by atoms with E-state index in [0.717, 1.165) is 44.2 Å². The number of phenolic OH excluding ortho intramolecular Hbond substituents is 3. The number of hydrogen-bond acceptors (Lipinski definition) is 4. The maximum Gasteiger partial charge on any atom is 0.170 e. The lowest BCUT2D eigenvalue weighted by Crippen LogP contribution is -2.00. The van der Waals surface area contributed by atoms with Crippen LogP contribution in [-0.2, 0) is 0 Å². The van der Waals surface area contributed by atoms with Gasteiger partial charge in [-0.15, -0.1) is 0 Å². The zero-order valence-corrected chi connectivity index (χ0v) is 15.3. The van der Waals surface area contributed by atoms with Gasteiger partial charge >= 0.3 is 0 Å². The predicted molar refractivity (Wildman–Crippen MR) is 101 cm³/mol. The molecule has 0 unspecified atom stereocenters. The number of phenols is 3. The molecule has 0 radical (unpaired) electrons. The van der Waals surface area contributed by atoms with Crippen molar-refractivity contribution in [1.82, 2.24) is 0 Å². The Morgan fingerprint density at radius 3 is 1.96 bits per heavy atom. The summed E-state index contributed by atoms with van der Waals surface area (Å²) in [6.45, 7) is 2.22. The van der Waals surface area contributed by atoms with Crippen LogP contribution < -0.4 is 0 Å². The highest BCUT2D eigenvalue weighted by Crippen LogP contribution is 2.33. The van der Waals surface area contributed by atoms with Gasteiger partial charge in [0.05, 0.1) is 0 Å². The first-order valence-electron chi connectivity index (χ1n) is 9.49. The molecule has 4 heteroatoms. The average Bonchev–Trinajstić information content (AvgIpc) is 2.55. The van der Waals surface area contributed by atoms with Gasteiger partial charge in [-0.2, -0.15) is 0 Å². The van der Waals surface area contributed by atoms with Gasteiger partial charge in [0.15, 0.2) is 5.78 Å². The van der Waals surface area contributed by atoms with E-state index in [-0.39, 0.29) is 28.6 Å². The zero-order chi connectivity index (χ0) is 18.5. The maximum absolute atomic E-state index is 12.1. The molecule has 0 saturated carbocycles. The third-order valence-corrected chi connectivity index (χ3v) is 4.28. The molecule has 4 nitrogen and oxygen atoms in total. The summed E-state index contributed by atoms with van der Waals surface area (Å²) in [5.74, 6) is -1.28. The number of ketones is 1. The van der Waals surface area contributed by atoms with Crippen molar-refractivity contribution in [1.29, 1.82) is 0 Å². The highest BCUT2D eigenvalue weighted by molar-refractivity contribution is 6.01. The van der Waals surface area contributed by atoms with Crippen LogP contribution >= 0.6 is 0 Å². The van der Waals surface area contributed by atoms with Gasteiger partial charge in [0.1, 0.15) is 22.8 Å². The van der Waals surface area contributed by atoms with E-state index in [1.807, 2.05) is 0 Å². The highest BCUT2D eigenvalue weighted by Gasteiger charge is 2.17. The number of rotatable bonds is 13. The largest absolute Gasteiger partial charge is 0.508 e. The standard InChI is InChI=1S/C21H32O4/c1-2-3-4-5-6-7-8-9-10-11-12-13-14-18(23)21-19(24)15-17(22)16-20(21)25/h6-7,15-16,22,24-25H,2-5,8-14H2,1H3. The van der Waals surface area contributed by atoms with Crippen molar-refractivity contribution in [2.24, 2.45) is 0 Å². The van der Waals surface area contributed by atoms with Crippen LogP contribution in [0.4, 0.5) is 0 Å². The van der Waals surface area contributed by atoms with Crippen LogP contribution in [0.15, 0.2) is 24.3 Å². The molecule has 0 spiro atoms. The van der Waals surface area contributed by atoms with E-state index in [9.17, 15) is 20.1 Å². The summed E-state index contributed by atoms with van der Waals surface area (Å²) in [7, 11) is 0. The summed E-state index contributed by atoms with van der Waals surface area (Å²) in [5, 5.41) is 28.6. The molecule has 0 saturated heterocycles. The Bertz CT molecular complexity index is 526. The van der Waals surface area contributed by atoms with Crippen LogP contribution in [0.1, 0.15) is 87.9 Å². The van der Waals surface area contributed by atoms with E-state index in [1.54, 1.807) is 0 Å². The van der Waals surface area contributed by atoms with Crippen LogP contribution in [0.5, 0.6) is 17.2 Å². The lowest BCUT2D eigenvalue weighted by atomic mass is 10.0. The topological polar surface area (TPSA) is 77.8 Å². The van der Waals surface area contributed by atoms with Gasteiger partial charge in [0.2, 0.25) is 0 Å². The summed E-state index contributed by atoms with van der Waals surface area (Å²) in [6.07, 6.45) is 16.2. The fraction of sp³-hybridized carbons (Fsp3) is 0.571. The van der Waals surface area contributed by atoms with Crippen molar-refractivity contribution in [2.75, 3.05) is 0 Å². The fourth-order valence-electron chi connectivity index (χ4n) is 2.83. The van der Waals surface area contributed by atoms with E-state index >= 15 is 0 Å². The summed E-state index contributed by atoms with van der Waals surface area (Å²) in [6, 6.07) is 2.14. The van der Waals surface area contributed by atoms with Gasteiger partial charge in [-0.3, -0.25) is 4.79 Å². The molecule has 25 heavy (non-hydrogen) atoms. The number of Topliss-reactive ketones (excluding diaryl/α,β-unsaturated/α-hetero) is 1. The number of carbonyl (C=O) groups excluding carboxylic acids is 1. The van der Waals surface area contributed by atoms with Gasteiger partial charge in [-0.1, -0.05) is 51.2 Å². The molecule has 0 aliphatic heterocycles. The molecule has 0 atom stereocenters. The second-order valence-corrected chi connectivity index (χ2v) is 6.56. The molecule has 0 aliphatic rings. The normalized spacial score (nSPS) is 11.2. The molecule has 3 N–H and O–H groups in total. The molecule has 1 aromatic rings. The van der Waals surface area contributed by atoms with Gasteiger partial charge in [-0.05, 0) is 32.1 Å². The molecule has 0 aliphatic carbocycles. The van der Waals surface area contributed by atoms with Crippen molar-refractivity contribution in [3.05, 3.63) is 29.8 Å². The minimum absolute atomic E-state index is 0.0917. The van der Waals surface area contributed by atoms with Crippen LogP contribution in [0, 0.1) is 0 Å². The van der Waals surface area contributed by atoms with Crippen LogP contribution in [-0.4, -0.2) is 21.1 Å². The number of allylic oxidation sites excluding steroid dienone is 2. The lowest BCUT2D eigenvalue weighted by molar-refractivity contribution is 0.0973. The van der Waals surface area contributed by atoms with Gasteiger partial charge in [-0.25, -0.2) is 0 Å². The minimum atomic E-state index is -0.367. The maximum atomic E-state index is 12.1. The molecule has 1 rings (SSSR count).